The molecule has 0 bridgehead atoms. The summed E-state index contributed by atoms with van der Waals surface area (Å²) in [5.41, 5.74) is 1.20. The van der Waals surface area contributed by atoms with Crippen molar-refractivity contribution < 1.29 is 14.4 Å². The zero-order chi connectivity index (χ0) is 21.8. The summed E-state index contributed by atoms with van der Waals surface area (Å²) >= 11 is 5.86. The Morgan fingerprint density at radius 3 is 2.42 bits per heavy atom. The van der Waals surface area contributed by atoms with Gasteiger partial charge in [0.1, 0.15) is 6.04 Å². The lowest BCUT2D eigenvalue weighted by molar-refractivity contribution is -0.127. The topological polar surface area (TPSA) is 78.5 Å². The fraction of sp³-hybridized carbons (Fsp3) is 0.375. The highest BCUT2D eigenvalue weighted by Crippen LogP contribution is 2.40. The number of fused-ring (bicyclic) bond motifs is 1. The van der Waals surface area contributed by atoms with Gasteiger partial charge < -0.3 is 15.5 Å². The molecule has 2 aromatic rings. The summed E-state index contributed by atoms with van der Waals surface area (Å²) in [7, 11) is 0. The van der Waals surface area contributed by atoms with Gasteiger partial charge in [0.2, 0.25) is 11.8 Å². The number of likely N-dealkylation sites (tertiary alicyclic amines) is 1. The summed E-state index contributed by atoms with van der Waals surface area (Å²) in [6, 6.07) is 15.4. The molecule has 162 valence electrons. The third-order valence-electron chi connectivity index (χ3n) is 6.20. The second-order valence-corrected chi connectivity index (χ2v) is 8.65. The molecule has 4 rings (SSSR count). The minimum Gasteiger partial charge on any atom is -0.345 e. The van der Waals surface area contributed by atoms with Gasteiger partial charge >= 0.3 is 0 Å². The first kappa shape index (κ1) is 21.4. The van der Waals surface area contributed by atoms with Crippen molar-refractivity contribution in [2.75, 3.05) is 11.9 Å². The summed E-state index contributed by atoms with van der Waals surface area (Å²) < 4.78 is 0. The Hall–Kier alpha value is -2.86. The second kappa shape index (κ2) is 9.52. The molecule has 0 spiro atoms. The summed E-state index contributed by atoms with van der Waals surface area (Å²) in [5, 5.41) is 6.04. The monoisotopic (exact) mass is 439 g/mol. The van der Waals surface area contributed by atoms with Gasteiger partial charge in [-0.15, -0.1) is 0 Å². The van der Waals surface area contributed by atoms with E-state index in [0.29, 0.717) is 28.6 Å². The lowest BCUT2D eigenvalue weighted by Crippen LogP contribution is -2.50. The van der Waals surface area contributed by atoms with Crippen molar-refractivity contribution in [2.24, 2.45) is 5.92 Å². The molecule has 3 unspecified atom stereocenters. The molecule has 0 radical (unpaired) electrons. The van der Waals surface area contributed by atoms with Crippen LogP contribution < -0.4 is 10.6 Å². The maximum Gasteiger partial charge on any atom is 0.254 e. The molecule has 1 saturated carbocycles. The van der Waals surface area contributed by atoms with Crippen LogP contribution in [0.3, 0.4) is 0 Å². The van der Waals surface area contributed by atoms with Gasteiger partial charge in [0.05, 0.1) is 6.54 Å². The maximum absolute atomic E-state index is 13.3. The molecule has 3 amide bonds. The SMILES string of the molecule is O=C(CNC(=O)C1CC2CCCCC2N1C(=O)c1ccccc1)Nc1ccc(Cl)cc1. The molecule has 3 atom stereocenters. The summed E-state index contributed by atoms with van der Waals surface area (Å²) in [6.45, 7) is -0.152. The fourth-order valence-electron chi connectivity index (χ4n) is 4.74. The Balaban J connectivity index is 1.43. The molecule has 1 aliphatic carbocycles. The van der Waals surface area contributed by atoms with Crippen molar-refractivity contribution in [3.05, 3.63) is 65.2 Å². The molecule has 1 heterocycles. The lowest BCUT2D eigenvalue weighted by atomic mass is 9.84. The van der Waals surface area contributed by atoms with Crippen molar-refractivity contribution in [3.8, 4) is 0 Å². The van der Waals surface area contributed by atoms with Gasteiger partial charge in [-0.3, -0.25) is 14.4 Å². The number of rotatable bonds is 5. The van der Waals surface area contributed by atoms with E-state index in [9.17, 15) is 14.4 Å². The quantitative estimate of drug-likeness (QED) is 0.742. The number of nitrogens with one attached hydrogen (secondary N) is 2. The minimum absolute atomic E-state index is 0.0834. The fourth-order valence-corrected chi connectivity index (χ4v) is 4.87. The van der Waals surface area contributed by atoms with E-state index in [0.717, 1.165) is 25.7 Å². The minimum atomic E-state index is -0.552. The molecule has 31 heavy (non-hydrogen) atoms. The molecule has 6 nitrogen and oxygen atoms in total. The van der Waals surface area contributed by atoms with Gasteiger partial charge in [0, 0.05) is 22.3 Å². The highest BCUT2D eigenvalue weighted by Gasteiger charge is 2.47. The van der Waals surface area contributed by atoms with Crippen molar-refractivity contribution in [1.82, 2.24) is 10.2 Å². The third kappa shape index (κ3) is 4.90. The Bertz CT molecular complexity index is 948. The van der Waals surface area contributed by atoms with E-state index in [1.165, 1.54) is 0 Å². The zero-order valence-corrected chi connectivity index (χ0v) is 18.0. The molecular formula is C24H26ClN3O3. The number of amides is 3. The summed E-state index contributed by atoms with van der Waals surface area (Å²) in [5.74, 6) is -0.377. The Labute approximate surface area is 187 Å². The second-order valence-electron chi connectivity index (χ2n) is 8.21. The van der Waals surface area contributed by atoms with Crippen LogP contribution in [0.25, 0.3) is 0 Å². The first-order valence-electron chi connectivity index (χ1n) is 10.7. The molecule has 1 saturated heterocycles. The molecule has 2 fully saturated rings. The van der Waals surface area contributed by atoms with Crippen LogP contribution in [-0.2, 0) is 9.59 Å². The van der Waals surface area contributed by atoms with Crippen LogP contribution in [-0.4, -0.2) is 41.2 Å². The number of hydrogen-bond donors (Lipinski definition) is 2. The maximum atomic E-state index is 13.3. The number of benzene rings is 2. The first-order valence-corrected chi connectivity index (χ1v) is 11.1. The average molecular weight is 440 g/mol. The van der Waals surface area contributed by atoms with E-state index in [2.05, 4.69) is 10.6 Å². The number of carbonyl (C=O) groups excluding carboxylic acids is 3. The highest BCUT2D eigenvalue weighted by atomic mass is 35.5. The molecule has 7 heteroatoms. The van der Waals surface area contributed by atoms with Gasteiger partial charge in [-0.05, 0) is 61.6 Å². The molecule has 2 aliphatic rings. The summed E-state index contributed by atoms with van der Waals surface area (Å²) in [6.07, 6.45) is 4.80. The van der Waals surface area contributed by atoms with Crippen LogP contribution in [0.2, 0.25) is 5.02 Å². The predicted octanol–water partition coefficient (Wildman–Crippen LogP) is 3.87. The van der Waals surface area contributed by atoms with E-state index >= 15 is 0 Å². The number of nitrogens with zero attached hydrogens (tertiary/aromatic N) is 1. The number of hydrogen-bond acceptors (Lipinski definition) is 3. The smallest absolute Gasteiger partial charge is 0.254 e. The predicted molar refractivity (Wildman–Crippen MR) is 120 cm³/mol. The van der Waals surface area contributed by atoms with Crippen LogP contribution in [0.5, 0.6) is 0 Å². The van der Waals surface area contributed by atoms with Gasteiger partial charge in [0.15, 0.2) is 0 Å². The van der Waals surface area contributed by atoms with Crippen LogP contribution >= 0.6 is 11.6 Å². The van der Waals surface area contributed by atoms with Gasteiger partial charge in [-0.25, -0.2) is 0 Å². The van der Waals surface area contributed by atoms with Crippen LogP contribution in [0.4, 0.5) is 5.69 Å². The van der Waals surface area contributed by atoms with E-state index in [-0.39, 0.29) is 30.3 Å². The zero-order valence-electron chi connectivity index (χ0n) is 17.2. The van der Waals surface area contributed by atoms with Crippen molar-refractivity contribution in [3.63, 3.8) is 0 Å². The van der Waals surface area contributed by atoms with Crippen LogP contribution in [0.1, 0.15) is 42.5 Å². The van der Waals surface area contributed by atoms with E-state index in [1.54, 1.807) is 41.3 Å². The van der Waals surface area contributed by atoms with E-state index < -0.39 is 6.04 Å². The van der Waals surface area contributed by atoms with Crippen LogP contribution in [0, 0.1) is 5.92 Å². The molecule has 2 aromatic carbocycles. The number of carbonyl (C=O) groups is 3. The van der Waals surface area contributed by atoms with Gasteiger partial charge in [-0.2, -0.15) is 0 Å². The lowest BCUT2D eigenvalue weighted by Gasteiger charge is -2.33. The average Bonchev–Trinajstić information content (AvgIpc) is 3.19. The highest BCUT2D eigenvalue weighted by molar-refractivity contribution is 6.30. The van der Waals surface area contributed by atoms with Crippen molar-refractivity contribution >= 4 is 35.0 Å². The number of anilines is 1. The standard InChI is InChI=1S/C24H26ClN3O3/c25-18-10-12-19(13-11-18)27-22(29)15-26-23(30)21-14-17-8-4-5-9-20(17)28(21)24(31)16-6-2-1-3-7-16/h1-3,6-7,10-13,17,20-21H,4-5,8-9,14-15H2,(H,26,30)(H,27,29). The van der Waals surface area contributed by atoms with E-state index in [4.69, 9.17) is 11.6 Å². The summed E-state index contributed by atoms with van der Waals surface area (Å²) in [4.78, 5) is 40.3. The molecule has 0 aromatic heterocycles. The Morgan fingerprint density at radius 1 is 0.968 bits per heavy atom. The Kier molecular flexibility index (Phi) is 6.56. The van der Waals surface area contributed by atoms with Crippen LogP contribution in [0.15, 0.2) is 54.6 Å². The first-order chi connectivity index (χ1) is 15.0. The molecular weight excluding hydrogens is 414 g/mol. The van der Waals surface area contributed by atoms with Crippen molar-refractivity contribution in [2.45, 2.75) is 44.2 Å². The van der Waals surface area contributed by atoms with Crippen molar-refractivity contribution in [1.29, 1.82) is 0 Å². The molecule has 1 aliphatic heterocycles. The Morgan fingerprint density at radius 2 is 1.68 bits per heavy atom. The normalized spacial score (nSPS) is 22.5. The van der Waals surface area contributed by atoms with Gasteiger partial charge in [0.25, 0.3) is 5.91 Å². The third-order valence-corrected chi connectivity index (χ3v) is 6.45. The molecule has 2 N–H and O–H groups in total. The largest absolute Gasteiger partial charge is 0.345 e. The van der Waals surface area contributed by atoms with Gasteiger partial charge in [-0.1, -0.05) is 42.6 Å². The number of halogens is 1. The van der Waals surface area contributed by atoms with E-state index in [1.807, 2.05) is 18.2 Å².